The summed E-state index contributed by atoms with van der Waals surface area (Å²) >= 11 is 0. The monoisotopic (exact) mass is 304 g/mol. The van der Waals surface area contributed by atoms with Gasteiger partial charge in [-0.25, -0.2) is 8.42 Å². The van der Waals surface area contributed by atoms with Crippen molar-refractivity contribution >= 4 is 15.7 Å². The molecule has 118 valence electrons. The van der Waals surface area contributed by atoms with E-state index >= 15 is 0 Å². The Kier molecular flexibility index (Phi) is 5.24. The van der Waals surface area contributed by atoms with Crippen LogP contribution in [0.2, 0.25) is 0 Å². The Hall–Kier alpha value is -0.620. The van der Waals surface area contributed by atoms with Crippen molar-refractivity contribution in [3.8, 4) is 0 Å². The van der Waals surface area contributed by atoms with E-state index in [-0.39, 0.29) is 35.2 Å². The van der Waals surface area contributed by atoms with Gasteiger partial charge in [-0.05, 0) is 47.0 Å². The van der Waals surface area contributed by atoms with Crippen molar-refractivity contribution in [1.82, 2.24) is 10.6 Å². The van der Waals surface area contributed by atoms with Crippen molar-refractivity contribution in [3.63, 3.8) is 0 Å². The Bertz CT molecular complexity index is 439. The lowest BCUT2D eigenvalue weighted by Gasteiger charge is -2.46. The first kappa shape index (κ1) is 17.4. The van der Waals surface area contributed by atoms with Crippen molar-refractivity contribution in [2.45, 2.75) is 70.5 Å². The minimum Gasteiger partial charge on any atom is -0.353 e. The van der Waals surface area contributed by atoms with Crippen molar-refractivity contribution in [3.05, 3.63) is 0 Å². The van der Waals surface area contributed by atoms with Gasteiger partial charge in [0.25, 0.3) is 0 Å². The molecule has 0 aliphatic carbocycles. The lowest BCUT2D eigenvalue weighted by molar-refractivity contribution is -0.122. The summed E-state index contributed by atoms with van der Waals surface area (Å²) in [6.07, 6.45) is 3.63. The predicted octanol–water partition coefficient (Wildman–Crippen LogP) is 1.24. The van der Waals surface area contributed by atoms with Gasteiger partial charge in [-0.1, -0.05) is 0 Å². The second-order valence-corrected chi connectivity index (χ2v) is 9.56. The number of piperidine rings is 1. The zero-order valence-corrected chi connectivity index (χ0v) is 14.1. The van der Waals surface area contributed by atoms with E-state index in [2.05, 4.69) is 38.3 Å². The molecule has 0 unspecified atom stereocenters. The largest absolute Gasteiger partial charge is 0.353 e. The molecule has 0 radical (unpaired) electrons. The quantitative estimate of drug-likeness (QED) is 0.801. The van der Waals surface area contributed by atoms with Crippen LogP contribution in [-0.2, 0) is 14.6 Å². The lowest BCUT2D eigenvalue weighted by Crippen LogP contribution is -2.62. The van der Waals surface area contributed by atoms with Crippen molar-refractivity contribution < 1.29 is 13.2 Å². The molecular formula is C14H28N2O3S. The van der Waals surface area contributed by atoms with Crippen LogP contribution in [0.5, 0.6) is 0 Å². The molecule has 1 heterocycles. The van der Waals surface area contributed by atoms with E-state index in [0.717, 1.165) is 12.8 Å². The normalized spacial score (nSPS) is 22.4. The van der Waals surface area contributed by atoms with Crippen LogP contribution in [0.15, 0.2) is 0 Å². The summed E-state index contributed by atoms with van der Waals surface area (Å²) in [4.78, 5) is 11.9. The Morgan fingerprint density at radius 1 is 1.20 bits per heavy atom. The van der Waals surface area contributed by atoms with Crippen LogP contribution in [0.25, 0.3) is 0 Å². The summed E-state index contributed by atoms with van der Waals surface area (Å²) in [5.41, 5.74) is -0.0150. The number of sulfone groups is 1. The van der Waals surface area contributed by atoms with Crippen LogP contribution < -0.4 is 10.6 Å². The third-order valence-electron chi connectivity index (χ3n) is 3.47. The molecule has 0 saturated carbocycles. The summed E-state index contributed by atoms with van der Waals surface area (Å²) < 4.78 is 22.1. The average Bonchev–Trinajstić information content (AvgIpc) is 2.08. The maximum atomic E-state index is 11.9. The van der Waals surface area contributed by atoms with Crippen LogP contribution in [0.4, 0.5) is 0 Å². The first-order chi connectivity index (χ1) is 8.89. The molecular weight excluding hydrogens is 276 g/mol. The first-order valence-corrected chi connectivity index (χ1v) is 9.21. The molecule has 2 N–H and O–H groups in total. The molecule has 1 amide bonds. The molecule has 1 saturated heterocycles. The minimum absolute atomic E-state index is 0.00749. The smallest absolute Gasteiger partial charge is 0.220 e. The number of nitrogens with one attached hydrogen (secondary N) is 2. The van der Waals surface area contributed by atoms with Crippen LogP contribution in [0.1, 0.15) is 53.4 Å². The lowest BCUT2D eigenvalue weighted by atomic mass is 9.79. The third-order valence-corrected chi connectivity index (χ3v) is 4.50. The van der Waals surface area contributed by atoms with E-state index in [1.165, 1.54) is 6.26 Å². The van der Waals surface area contributed by atoms with Gasteiger partial charge in [-0.15, -0.1) is 0 Å². The Balaban J connectivity index is 2.45. The number of hydrogen-bond acceptors (Lipinski definition) is 4. The van der Waals surface area contributed by atoms with E-state index in [1.54, 1.807) is 0 Å². The van der Waals surface area contributed by atoms with Crippen molar-refractivity contribution in [2.75, 3.05) is 12.0 Å². The van der Waals surface area contributed by atoms with Crippen molar-refractivity contribution in [1.29, 1.82) is 0 Å². The number of carbonyl (C=O) groups excluding carboxylic acids is 1. The highest BCUT2D eigenvalue weighted by molar-refractivity contribution is 7.90. The number of rotatable bonds is 5. The van der Waals surface area contributed by atoms with E-state index in [9.17, 15) is 13.2 Å². The van der Waals surface area contributed by atoms with Gasteiger partial charge >= 0.3 is 0 Å². The van der Waals surface area contributed by atoms with Gasteiger partial charge in [0.1, 0.15) is 9.84 Å². The molecule has 6 heteroatoms. The SMILES string of the molecule is CC1(C)CC(NC(=O)CCCS(C)(=O)=O)CC(C)(C)N1. The Labute approximate surface area is 122 Å². The van der Waals surface area contributed by atoms with Gasteiger partial charge in [-0.2, -0.15) is 0 Å². The van der Waals surface area contributed by atoms with E-state index in [4.69, 9.17) is 0 Å². The van der Waals surface area contributed by atoms with Gasteiger partial charge in [0.05, 0.1) is 5.75 Å². The maximum Gasteiger partial charge on any atom is 0.220 e. The van der Waals surface area contributed by atoms with Crippen LogP contribution in [-0.4, -0.2) is 43.5 Å². The molecule has 1 aliphatic rings. The molecule has 0 aromatic rings. The summed E-state index contributed by atoms with van der Waals surface area (Å²) in [5, 5.41) is 6.61. The van der Waals surface area contributed by atoms with E-state index < -0.39 is 9.84 Å². The highest BCUT2D eigenvalue weighted by atomic mass is 32.2. The summed E-state index contributed by atoms with van der Waals surface area (Å²) in [6, 6.07) is 0.145. The Morgan fingerprint density at radius 2 is 1.70 bits per heavy atom. The van der Waals surface area contributed by atoms with Gasteiger partial charge in [0.2, 0.25) is 5.91 Å². The summed E-state index contributed by atoms with van der Waals surface area (Å²) in [5.74, 6) is 0.0241. The number of amides is 1. The topological polar surface area (TPSA) is 75.3 Å². The highest BCUT2D eigenvalue weighted by Crippen LogP contribution is 2.28. The minimum atomic E-state index is -2.98. The van der Waals surface area contributed by atoms with E-state index in [1.807, 2.05) is 0 Å². The zero-order valence-electron chi connectivity index (χ0n) is 13.2. The molecule has 1 fully saturated rings. The zero-order chi connectivity index (χ0) is 15.6. The van der Waals surface area contributed by atoms with Gasteiger partial charge < -0.3 is 10.6 Å². The molecule has 1 rings (SSSR count). The fourth-order valence-electron chi connectivity index (χ4n) is 3.22. The summed E-state index contributed by atoms with van der Waals surface area (Å²) in [6.45, 7) is 8.54. The molecule has 20 heavy (non-hydrogen) atoms. The second kappa shape index (κ2) is 6.02. The fraction of sp³-hybridized carbons (Fsp3) is 0.929. The molecule has 5 nitrogen and oxygen atoms in total. The first-order valence-electron chi connectivity index (χ1n) is 7.15. The van der Waals surface area contributed by atoms with Gasteiger partial charge in [0.15, 0.2) is 0 Å². The predicted molar refractivity (Wildman–Crippen MR) is 81.4 cm³/mol. The van der Waals surface area contributed by atoms with Crippen LogP contribution in [0, 0.1) is 0 Å². The second-order valence-electron chi connectivity index (χ2n) is 7.30. The number of hydrogen-bond donors (Lipinski definition) is 2. The third kappa shape index (κ3) is 6.70. The van der Waals surface area contributed by atoms with Gasteiger partial charge in [0, 0.05) is 29.8 Å². The molecule has 0 aromatic carbocycles. The maximum absolute atomic E-state index is 11.9. The van der Waals surface area contributed by atoms with Crippen molar-refractivity contribution in [2.24, 2.45) is 0 Å². The average molecular weight is 304 g/mol. The van der Waals surface area contributed by atoms with Crippen LogP contribution in [0.3, 0.4) is 0 Å². The molecule has 1 aliphatic heterocycles. The standard InChI is InChI=1S/C14H28N2O3S/c1-13(2)9-11(10-14(3,4)16-13)15-12(17)7-6-8-20(5,18)19/h11,16H,6-10H2,1-5H3,(H,15,17). The van der Waals surface area contributed by atoms with E-state index in [0.29, 0.717) is 6.42 Å². The Morgan fingerprint density at radius 3 is 2.15 bits per heavy atom. The molecule has 0 aromatic heterocycles. The van der Waals surface area contributed by atoms with Gasteiger partial charge in [-0.3, -0.25) is 4.79 Å². The molecule has 0 atom stereocenters. The molecule has 0 spiro atoms. The summed E-state index contributed by atoms with van der Waals surface area (Å²) in [7, 11) is -2.98. The highest BCUT2D eigenvalue weighted by Gasteiger charge is 2.37. The number of carbonyl (C=O) groups is 1. The molecule has 0 bridgehead atoms. The van der Waals surface area contributed by atoms with Crippen LogP contribution >= 0.6 is 0 Å². The fourth-order valence-corrected chi connectivity index (χ4v) is 3.89.